The van der Waals surface area contributed by atoms with E-state index < -0.39 is 0 Å². The van der Waals surface area contributed by atoms with Crippen molar-refractivity contribution in [2.75, 3.05) is 6.54 Å². The smallest absolute Gasteiger partial charge is 0.220 e. The fourth-order valence-corrected chi connectivity index (χ4v) is 5.26. The summed E-state index contributed by atoms with van der Waals surface area (Å²) in [5.74, 6) is 1.64. The number of carbonyl (C=O) groups is 1. The van der Waals surface area contributed by atoms with Gasteiger partial charge in [0.1, 0.15) is 0 Å². The lowest BCUT2D eigenvalue weighted by Gasteiger charge is -2.43. The zero-order chi connectivity index (χ0) is 13.6. The van der Waals surface area contributed by atoms with Gasteiger partial charge in [-0.2, -0.15) is 4.58 Å². The molecule has 19 heavy (non-hydrogen) atoms. The molecule has 1 amide bonds. The van der Waals surface area contributed by atoms with Gasteiger partial charge in [-0.05, 0) is 37.2 Å². The van der Waals surface area contributed by atoms with Crippen LogP contribution in [0.2, 0.25) is 0 Å². The van der Waals surface area contributed by atoms with Crippen molar-refractivity contribution >= 4 is 27.5 Å². The number of halogens is 1. The van der Waals surface area contributed by atoms with Crippen molar-refractivity contribution in [2.24, 2.45) is 17.3 Å². The van der Waals surface area contributed by atoms with Gasteiger partial charge in [0.05, 0.1) is 11.8 Å². The molecule has 3 rings (SSSR count). The zero-order valence-corrected chi connectivity index (χ0v) is 13.1. The summed E-state index contributed by atoms with van der Waals surface area (Å²) in [5, 5.41) is 0. The molecule has 0 unspecified atom stereocenters. The molecule has 0 aromatic heterocycles. The van der Waals surface area contributed by atoms with Crippen molar-refractivity contribution in [1.29, 1.82) is 0 Å². The average molecular weight is 323 g/mol. The summed E-state index contributed by atoms with van der Waals surface area (Å²) in [5.41, 5.74) is 1.48. The van der Waals surface area contributed by atoms with Crippen LogP contribution in [0.1, 0.15) is 39.0 Å². The van der Waals surface area contributed by atoms with Crippen LogP contribution < -0.4 is 0 Å². The summed E-state index contributed by atoms with van der Waals surface area (Å²) in [7, 11) is 0. The Hall–Kier alpha value is -0.700. The SMILES string of the molecule is C=CC[N+]1=C2C[C@H](C)C[C@H]3CC=C(Br)[C@@]23CCC1=O. The molecule has 0 radical (unpaired) electrons. The standard InChI is InChI=1S/C16H21BrNO/c1-3-8-18-14-10-11(2)9-12-4-5-13(17)16(12,14)7-6-15(18)19/h3,5,11-12H,1,4,6-10H2,2H3/q+1/t11-,12-,16+/m1/s1. The van der Waals surface area contributed by atoms with E-state index in [1.54, 1.807) is 0 Å². The third-order valence-electron chi connectivity index (χ3n) is 5.12. The van der Waals surface area contributed by atoms with Gasteiger partial charge in [-0.15, -0.1) is 0 Å². The van der Waals surface area contributed by atoms with Crippen molar-refractivity contribution in [2.45, 2.75) is 39.0 Å². The maximum atomic E-state index is 12.3. The number of amides is 1. The summed E-state index contributed by atoms with van der Waals surface area (Å²) < 4.78 is 3.34. The average Bonchev–Trinajstić information content (AvgIpc) is 2.69. The number of nitrogens with zero attached hydrogens (tertiary/aromatic N) is 1. The number of carbonyl (C=O) groups excluding carboxylic acids is 1. The normalized spacial score (nSPS) is 37.8. The van der Waals surface area contributed by atoms with Crippen molar-refractivity contribution < 1.29 is 9.37 Å². The molecular weight excluding hydrogens is 302 g/mol. The van der Waals surface area contributed by atoms with Gasteiger partial charge in [-0.1, -0.05) is 35.5 Å². The van der Waals surface area contributed by atoms with Crippen LogP contribution in [-0.2, 0) is 4.79 Å². The molecule has 3 heteroatoms. The molecule has 1 aliphatic heterocycles. The van der Waals surface area contributed by atoms with E-state index in [4.69, 9.17) is 0 Å². The molecule has 3 aliphatic rings. The second kappa shape index (κ2) is 4.69. The lowest BCUT2D eigenvalue weighted by Crippen LogP contribution is -2.51. The Bertz CT molecular complexity index is 505. The first-order chi connectivity index (χ1) is 9.09. The molecular formula is C16H21BrNO+. The van der Waals surface area contributed by atoms with E-state index >= 15 is 0 Å². The quantitative estimate of drug-likeness (QED) is 0.561. The molecule has 0 N–H and O–H groups in total. The Morgan fingerprint density at radius 1 is 1.63 bits per heavy atom. The van der Waals surface area contributed by atoms with E-state index in [0.29, 0.717) is 24.8 Å². The predicted molar refractivity (Wildman–Crippen MR) is 80.5 cm³/mol. The topological polar surface area (TPSA) is 20.1 Å². The van der Waals surface area contributed by atoms with Gasteiger partial charge in [0.2, 0.25) is 0 Å². The minimum absolute atomic E-state index is 0.128. The van der Waals surface area contributed by atoms with E-state index in [1.807, 2.05) is 10.7 Å². The van der Waals surface area contributed by atoms with Crippen LogP contribution in [0.15, 0.2) is 23.2 Å². The molecule has 102 valence electrons. The van der Waals surface area contributed by atoms with Gasteiger partial charge in [0, 0.05) is 10.9 Å². The second-order valence-corrected chi connectivity index (χ2v) is 7.10. The first kappa shape index (κ1) is 13.3. The molecule has 0 saturated heterocycles. The second-order valence-electron chi connectivity index (χ2n) is 6.24. The summed E-state index contributed by atoms with van der Waals surface area (Å²) in [6.07, 6.45) is 9.35. The van der Waals surface area contributed by atoms with Crippen LogP contribution in [0.5, 0.6) is 0 Å². The van der Waals surface area contributed by atoms with Crippen LogP contribution in [0.25, 0.3) is 0 Å². The zero-order valence-electron chi connectivity index (χ0n) is 11.5. The fraction of sp³-hybridized carbons (Fsp3) is 0.625. The van der Waals surface area contributed by atoms with Gasteiger partial charge in [0.15, 0.2) is 12.3 Å². The lowest BCUT2D eigenvalue weighted by atomic mass is 9.61. The van der Waals surface area contributed by atoms with Crippen molar-refractivity contribution in [3.05, 3.63) is 23.2 Å². The third-order valence-corrected chi connectivity index (χ3v) is 6.15. The molecule has 0 aromatic carbocycles. The number of rotatable bonds is 2. The first-order valence-electron chi connectivity index (χ1n) is 7.23. The number of hydrogen-bond acceptors (Lipinski definition) is 1. The highest BCUT2D eigenvalue weighted by atomic mass is 79.9. The van der Waals surface area contributed by atoms with E-state index in [1.165, 1.54) is 16.6 Å². The minimum Gasteiger partial charge on any atom is -0.220 e. The predicted octanol–water partition coefficient (Wildman–Crippen LogP) is 3.66. The van der Waals surface area contributed by atoms with Crippen LogP contribution in [0, 0.1) is 17.3 Å². The molecule has 2 nitrogen and oxygen atoms in total. The van der Waals surface area contributed by atoms with Gasteiger partial charge in [-0.3, -0.25) is 0 Å². The Kier molecular flexibility index (Phi) is 3.28. The molecule has 1 heterocycles. The van der Waals surface area contributed by atoms with E-state index in [0.717, 1.165) is 19.3 Å². The summed E-state index contributed by atoms with van der Waals surface area (Å²) in [6.45, 7) is 6.79. The van der Waals surface area contributed by atoms with Crippen molar-refractivity contribution in [3.63, 3.8) is 0 Å². The molecule has 3 atom stereocenters. The van der Waals surface area contributed by atoms with Crippen LogP contribution in [-0.4, -0.2) is 22.7 Å². The molecule has 0 bridgehead atoms. The Labute approximate surface area is 123 Å². The Morgan fingerprint density at radius 3 is 3.16 bits per heavy atom. The molecule has 0 aromatic rings. The van der Waals surface area contributed by atoms with Crippen LogP contribution in [0.4, 0.5) is 0 Å². The van der Waals surface area contributed by atoms with Crippen molar-refractivity contribution in [3.8, 4) is 0 Å². The Morgan fingerprint density at radius 2 is 2.42 bits per heavy atom. The maximum Gasteiger partial charge on any atom is 0.387 e. The highest BCUT2D eigenvalue weighted by Crippen LogP contribution is 2.58. The summed E-state index contributed by atoms with van der Waals surface area (Å²) in [6, 6.07) is 0. The van der Waals surface area contributed by atoms with Crippen molar-refractivity contribution in [1.82, 2.24) is 0 Å². The van der Waals surface area contributed by atoms with Crippen LogP contribution in [0.3, 0.4) is 0 Å². The van der Waals surface area contributed by atoms with E-state index in [2.05, 4.69) is 35.5 Å². The summed E-state index contributed by atoms with van der Waals surface area (Å²) >= 11 is 3.81. The van der Waals surface area contributed by atoms with Crippen LogP contribution >= 0.6 is 15.9 Å². The maximum absolute atomic E-state index is 12.3. The third kappa shape index (κ3) is 1.81. The molecule has 1 saturated carbocycles. The number of hydrogen-bond donors (Lipinski definition) is 0. The highest BCUT2D eigenvalue weighted by molar-refractivity contribution is 9.11. The van der Waals surface area contributed by atoms with E-state index in [-0.39, 0.29) is 11.3 Å². The molecule has 1 fully saturated rings. The highest BCUT2D eigenvalue weighted by Gasteiger charge is 2.58. The van der Waals surface area contributed by atoms with Gasteiger partial charge >= 0.3 is 5.91 Å². The first-order valence-corrected chi connectivity index (χ1v) is 8.02. The fourth-order valence-electron chi connectivity index (χ4n) is 4.33. The van der Waals surface area contributed by atoms with Gasteiger partial charge in [0.25, 0.3) is 0 Å². The Balaban J connectivity index is 2.16. The molecule has 2 aliphatic carbocycles. The minimum atomic E-state index is 0.128. The van der Waals surface area contributed by atoms with Gasteiger partial charge < -0.3 is 0 Å². The summed E-state index contributed by atoms with van der Waals surface area (Å²) in [4.78, 5) is 12.3. The monoisotopic (exact) mass is 322 g/mol. The largest absolute Gasteiger partial charge is 0.387 e. The number of allylic oxidation sites excluding steroid dienone is 2. The molecule has 1 spiro atoms. The van der Waals surface area contributed by atoms with E-state index in [9.17, 15) is 4.79 Å². The van der Waals surface area contributed by atoms with Gasteiger partial charge in [-0.25, -0.2) is 4.79 Å². The lowest BCUT2D eigenvalue weighted by molar-refractivity contribution is -0.450.